The van der Waals surface area contributed by atoms with E-state index in [4.69, 9.17) is 4.74 Å². The van der Waals surface area contributed by atoms with E-state index in [1.165, 1.54) is 0 Å². The number of thioether (sulfide) groups is 1. The number of amides is 1. The first-order valence-electron chi connectivity index (χ1n) is 8.84. The fraction of sp³-hybridized carbons (Fsp3) is 0.400. The summed E-state index contributed by atoms with van der Waals surface area (Å²) in [6.07, 6.45) is 4.78. The molecule has 0 N–H and O–H groups in total. The van der Waals surface area contributed by atoms with Gasteiger partial charge in [0.1, 0.15) is 6.61 Å². The van der Waals surface area contributed by atoms with Crippen molar-refractivity contribution in [2.24, 2.45) is 0 Å². The summed E-state index contributed by atoms with van der Waals surface area (Å²) in [6.45, 7) is 3.17. The molecular weight excluding hydrogens is 332 g/mol. The van der Waals surface area contributed by atoms with E-state index in [0.29, 0.717) is 6.61 Å². The molecule has 0 aliphatic carbocycles. The van der Waals surface area contributed by atoms with Gasteiger partial charge in [0.25, 0.3) is 0 Å². The SMILES string of the molecule is CCSc1ccc([C@@H]2CCCCN2C(=O)OCc2ccccc2)cn1. The minimum atomic E-state index is -0.236. The van der Waals surface area contributed by atoms with Crippen LogP contribution in [0.5, 0.6) is 0 Å². The Morgan fingerprint density at radius 1 is 1.24 bits per heavy atom. The fourth-order valence-corrected chi connectivity index (χ4v) is 3.71. The molecule has 5 heteroatoms. The number of carbonyl (C=O) groups excluding carboxylic acids is 1. The van der Waals surface area contributed by atoms with Crippen LogP contribution in [0.15, 0.2) is 53.7 Å². The van der Waals surface area contributed by atoms with Gasteiger partial charge in [-0.3, -0.25) is 0 Å². The topological polar surface area (TPSA) is 42.4 Å². The van der Waals surface area contributed by atoms with Crippen molar-refractivity contribution in [3.05, 3.63) is 59.8 Å². The first-order valence-corrected chi connectivity index (χ1v) is 9.82. The molecule has 0 saturated carbocycles. The third-order valence-corrected chi connectivity index (χ3v) is 5.20. The molecule has 0 bridgehead atoms. The van der Waals surface area contributed by atoms with Gasteiger partial charge in [-0.1, -0.05) is 43.3 Å². The van der Waals surface area contributed by atoms with E-state index in [9.17, 15) is 4.79 Å². The normalized spacial score (nSPS) is 17.3. The highest BCUT2D eigenvalue weighted by Crippen LogP contribution is 2.32. The van der Waals surface area contributed by atoms with Gasteiger partial charge in [0.15, 0.2) is 0 Å². The number of hydrogen-bond donors (Lipinski definition) is 0. The summed E-state index contributed by atoms with van der Waals surface area (Å²) in [5.74, 6) is 1.01. The molecule has 0 radical (unpaired) electrons. The van der Waals surface area contributed by atoms with Crippen LogP contribution in [0.4, 0.5) is 4.79 Å². The van der Waals surface area contributed by atoms with E-state index < -0.39 is 0 Å². The van der Waals surface area contributed by atoms with Crippen molar-refractivity contribution in [2.45, 2.75) is 43.9 Å². The lowest BCUT2D eigenvalue weighted by Crippen LogP contribution is -2.38. The van der Waals surface area contributed by atoms with Crippen LogP contribution in [0.1, 0.15) is 43.4 Å². The highest BCUT2D eigenvalue weighted by molar-refractivity contribution is 7.99. The van der Waals surface area contributed by atoms with Crippen molar-refractivity contribution in [1.82, 2.24) is 9.88 Å². The Bertz CT molecular complexity index is 676. The first kappa shape index (κ1) is 17.8. The number of likely N-dealkylation sites (tertiary alicyclic amines) is 1. The highest BCUT2D eigenvalue weighted by Gasteiger charge is 2.29. The van der Waals surface area contributed by atoms with Gasteiger partial charge < -0.3 is 9.64 Å². The number of hydrogen-bond acceptors (Lipinski definition) is 4. The Morgan fingerprint density at radius 2 is 2.08 bits per heavy atom. The fourth-order valence-electron chi connectivity index (χ4n) is 3.12. The number of rotatable bonds is 5. The minimum absolute atomic E-state index is 0.0604. The maximum atomic E-state index is 12.6. The number of carbonyl (C=O) groups is 1. The third kappa shape index (κ3) is 4.75. The summed E-state index contributed by atoms with van der Waals surface area (Å²) >= 11 is 1.73. The van der Waals surface area contributed by atoms with Crippen molar-refractivity contribution < 1.29 is 9.53 Å². The van der Waals surface area contributed by atoms with Crippen LogP contribution in [-0.2, 0) is 11.3 Å². The van der Waals surface area contributed by atoms with Gasteiger partial charge in [0.05, 0.1) is 11.1 Å². The average Bonchev–Trinajstić information content (AvgIpc) is 2.68. The largest absolute Gasteiger partial charge is 0.445 e. The van der Waals surface area contributed by atoms with Gasteiger partial charge >= 0.3 is 6.09 Å². The summed E-state index contributed by atoms with van der Waals surface area (Å²) < 4.78 is 5.54. The van der Waals surface area contributed by atoms with Gasteiger partial charge in [-0.15, -0.1) is 11.8 Å². The molecule has 3 rings (SSSR count). The van der Waals surface area contributed by atoms with Gasteiger partial charge in [-0.05, 0) is 42.2 Å². The number of pyridine rings is 1. The second-order valence-corrected chi connectivity index (χ2v) is 7.39. The van der Waals surface area contributed by atoms with Crippen molar-refractivity contribution >= 4 is 17.9 Å². The van der Waals surface area contributed by atoms with E-state index in [1.807, 2.05) is 47.5 Å². The summed E-state index contributed by atoms with van der Waals surface area (Å²) in [6, 6.07) is 14.0. The lowest BCUT2D eigenvalue weighted by Gasteiger charge is -2.35. The maximum absolute atomic E-state index is 12.6. The van der Waals surface area contributed by atoms with E-state index >= 15 is 0 Å². The number of piperidine rings is 1. The van der Waals surface area contributed by atoms with Gasteiger partial charge in [0.2, 0.25) is 0 Å². The molecule has 25 heavy (non-hydrogen) atoms. The lowest BCUT2D eigenvalue weighted by molar-refractivity contribution is 0.0678. The monoisotopic (exact) mass is 356 g/mol. The van der Waals surface area contributed by atoms with Gasteiger partial charge in [-0.25, -0.2) is 9.78 Å². The number of benzene rings is 1. The zero-order chi connectivity index (χ0) is 17.5. The molecule has 132 valence electrons. The smallest absolute Gasteiger partial charge is 0.410 e. The van der Waals surface area contributed by atoms with Gasteiger partial charge in [0, 0.05) is 12.7 Å². The maximum Gasteiger partial charge on any atom is 0.410 e. The summed E-state index contributed by atoms with van der Waals surface area (Å²) in [7, 11) is 0. The Morgan fingerprint density at radius 3 is 2.80 bits per heavy atom. The standard InChI is InChI=1S/C20H24N2O2S/c1-2-25-19-12-11-17(14-21-19)18-10-6-7-13-22(18)20(23)24-15-16-8-4-3-5-9-16/h3-5,8-9,11-12,14,18H,2,6-7,10,13,15H2,1H3/t18-/m0/s1. The van der Waals surface area contributed by atoms with Crippen LogP contribution < -0.4 is 0 Å². The summed E-state index contributed by atoms with van der Waals surface area (Å²) in [5.41, 5.74) is 2.10. The molecule has 1 saturated heterocycles. The lowest BCUT2D eigenvalue weighted by atomic mass is 9.97. The molecule has 2 aromatic rings. The Labute approximate surface area is 153 Å². The van der Waals surface area contributed by atoms with Crippen LogP contribution >= 0.6 is 11.8 Å². The molecular formula is C20H24N2O2S. The van der Waals surface area contributed by atoms with Crippen LogP contribution in [0.3, 0.4) is 0 Å². The third-order valence-electron chi connectivity index (χ3n) is 4.38. The van der Waals surface area contributed by atoms with Crippen molar-refractivity contribution in [3.63, 3.8) is 0 Å². The van der Waals surface area contributed by atoms with Gasteiger partial charge in [-0.2, -0.15) is 0 Å². The van der Waals surface area contributed by atoms with Crippen LogP contribution in [0.25, 0.3) is 0 Å². The second kappa shape index (κ2) is 8.90. The summed E-state index contributed by atoms with van der Waals surface area (Å²) in [5, 5.41) is 1.03. The quantitative estimate of drug-likeness (QED) is 0.703. The zero-order valence-electron chi connectivity index (χ0n) is 14.6. The molecule has 2 heterocycles. The van der Waals surface area contributed by atoms with Crippen LogP contribution in [0.2, 0.25) is 0 Å². The molecule has 1 aliphatic rings. The predicted molar refractivity (Wildman–Crippen MR) is 101 cm³/mol. The van der Waals surface area contributed by atoms with Crippen LogP contribution in [0, 0.1) is 0 Å². The average molecular weight is 356 g/mol. The Balaban J connectivity index is 1.66. The zero-order valence-corrected chi connectivity index (χ0v) is 15.4. The predicted octanol–water partition coefficient (Wildman–Crippen LogP) is 5.06. The molecule has 1 atom stereocenters. The number of aromatic nitrogens is 1. The molecule has 1 aromatic heterocycles. The highest BCUT2D eigenvalue weighted by atomic mass is 32.2. The van der Waals surface area contributed by atoms with E-state index in [1.54, 1.807) is 11.8 Å². The van der Waals surface area contributed by atoms with Crippen molar-refractivity contribution in [2.75, 3.05) is 12.3 Å². The second-order valence-electron chi connectivity index (χ2n) is 6.11. The van der Waals surface area contributed by atoms with E-state index in [2.05, 4.69) is 18.0 Å². The Kier molecular flexibility index (Phi) is 6.34. The molecule has 1 aromatic carbocycles. The van der Waals surface area contributed by atoms with Crippen molar-refractivity contribution in [1.29, 1.82) is 0 Å². The molecule has 0 unspecified atom stereocenters. The Hall–Kier alpha value is -2.01. The van der Waals surface area contributed by atoms with E-state index in [-0.39, 0.29) is 12.1 Å². The number of nitrogens with zero attached hydrogens (tertiary/aromatic N) is 2. The van der Waals surface area contributed by atoms with Crippen LogP contribution in [-0.4, -0.2) is 28.3 Å². The van der Waals surface area contributed by atoms with E-state index in [0.717, 1.165) is 47.7 Å². The molecule has 4 nitrogen and oxygen atoms in total. The molecule has 0 spiro atoms. The minimum Gasteiger partial charge on any atom is -0.445 e. The summed E-state index contributed by atoms with van der Waals surface area (Å²) in [4.78, 5) is 19.0. The molecule has 1 aliphatic heterocycles. The molecule has 1 amide bonds. The first-order chi connectivity index (χ1) is 12.3. The number of ether oxygens (including phenoxy) is 1. The molecule has 1 fully saturated rings. The van der Waals surface area contributed by atoms with Crippen molar-refractivity contribution in [3.8, 4) is 0 Å².